The SMILES string of the molecule is Cc1ncc(C[N+](C)(C)CCC(C)(C)C)n1C. The van der Waals surface area contributed by atoms with Crippen molar-refractivity contribution in [2.75, 3.05) is 20.6 Å². The molecule has 98 valence electrons. The summed E-state index contributed by atoms with van der Waals surface area (Å²) in [5.41, 5.74) is 1.74. The van der Waals surface area contributed by atoms with Crippen LogP contribution in [0, 0.1) is 12.3 Å². The molecule has 3 nitrogen and oxygen atoms in total. The molecule has 1 aromatic heterocycles. The smallest absolute Gasteiger partial charge is 0.121 e. The van der Waals surface area contributed by atoms with Crippen molar-refractivity contribution in [2.45, 2.75) is 40.7 Å². The molecule has 0 radical (unpaired) electrons. The Labute approximate surface area is 106 Å². The number of imidazole rings is 1. The van der Waals surface area contributed by atoms with Crippen molar-refractivity contribution in [2.24, 2.45) is 12.5 Å². The van der Waals surface area contributed by atoms with Gasteiger partial charge in [0.05, 0.1) is 32.5 Å². The topological polar surface area (TPSA) is 17.8 Å². The van der Waals surface area contributed by atoms with Gasteiger partial charge >= 0.3 is 0 Å². The van der Waals surface area contributed by atoms with Crippen LogP contribution in [0.3, 0.4) is 0 Å². The van der Waals surface area contributed by atoms with Gasteiger partial charge in [-0.15, -0.1) is 0 Å². The monoisotopic (exact) mass is 238 g/mol. The summed E-state index contributed by atoms with van der Waals surface area (Å²) in [5.74, 6) is 1.09. The number of aryl methyl sites for hydroxylation is 1. The van der Waals surface area contributed by atoms with Gasteiger partial charge in [-0.05, 0) is 12.3 Å². The largest absolute Gasteiger partial charge is 0.331 e. The predicted octanol–water partition coefficient (Wildman–Crippen LogP) is 2.74. The molecule has 0 unspecified atom stereocenters. The standard InChI is InChI=1S/C14H28N3/c1-12-15-10-13(16(12)5)11-17(6,7)9-8-14(2,3)4/h10H,8-9,11H2,1-7H3/q+1. The first kappa shape index (κ1) is 14.2. The van der Waals surface area contributed by atoms with E-state index in [1.807, 2.05) is 6.20 Å². The van der Waals surface area contributed by atoms with E-state index in [1.54, 1.807) is 0 Å². The Morgan fingerprint density at radius 3 is 2.29 bits per heavy atom. The molecule has 0 aliphatic carbocycles. The third kappa shape index (κ3) is 4.50. The zero-order valence-electron chi connectivity index (χ0n) is 12.5. The second-order valence-corrected chi connectivity index (χ2v) is 6.98. The summed E-state index contributed by atoms with van der Waals surface area (Å²) in [6.45, 7) is 11.2. The maximum absolute atomic E-state index is 4.36. The van der Waals surface area contributed by atoms with E-state index in [2.05, 4.69) is 58.4 Å². The van der Waals surface area contributed by atoms with Crippen LogP contribution < -0.4 is 0 Å². The van der Waals surface area contributed by atoms with Crippen LogP contribution in [-0.2, 0) is 13.6 Å². The number of aromatic nitrogens is 2. The Morgan fingerprint density at radius 1 is 1.29 bits per heavy atom. The quantitative estimate of drug-likeness (QED) is 0.738. The van der Waals surface area contributed by atoms with Crippen LogP contribution in [0.4, 0.5) is 0 Å². The maximum Gasteiger partial charge on any atom is 0.121 e. The fourth-order valence-corrected chi connectivity index (χ4v) is 1.85. The van der Waals surface area contributed by atoms with Crippen LogP contribution in [0.1, 0.15) is 38.7 Å². The van der Waals surface area contributed by atoms with Gasteiger partial charge in [0.1, 0.15) is 12.4 Å². The summed E-state index contributed by atoms with van der Waals surface area (Å²) >= 11 is 0. The maximum atomic E-state index is 4.36. The summed E-state index contributed by atoms with van der Waals surface area (Å²) in [5, 5.41) is 0. The summed E-state index contributed by atoms with van der Waals surface area (Å²) in [7, 11) is 6.70. The Bertz CT molecular complexity index is 369. The van der Waals surface area contributed by atoms with Gasteiger partial charge in [-0.1, -0.05) is 20.8 Å². The molecule has 0 aliphatic heterocycles. The molecule has 3 heteroatoms. The molecular formula is C14H28N3+. The number of rotatable bonds is 4. The molecule has 17 heavy (non-hydrogen) atoms. The molecule has 0 N–H and O–H groups in total. The summed E-state index contributed by atoms with van der Waals surface area (Å²) in [6.07, 6.45) is 3.25. The van der Waals surface area contributed by atoms with Gasteiger partial charge in [0, 0.05) is 13.5 Å². The Morgan fingerprint density at radius 2 is 1.88 bits per heavy atom. The second kappa shape index (κ2) is 4.81. The van der Waals surface area contributed by atoms with Crippen molar-refractivity contribution in [1.82, 2.24) is 9.55 Å². The molecule has 0 aliphatic rings. The van der Waals surface area contributed by atoms with E-state index in [9.17, 15) is 0 Å². The van der Waals surface area contributed by atoms with Gasteiger partial charge in [-0.25, -0.2) is 4.98 Å². The Balaban J connectivity index is 2.63. The predicted molar refractivity (Wildman–Crippen MR) is 72.7 cm³/mol. The number of hydrogen-bond acceptors (Lipinski definition) is 1. The van der Waals surface area contributed by atoms with E-state index in [4.69, 9.17) is 0 Å². The van der Waals surface area contributed by atoms with E-state index in [0.29, 0.717) is 5.41 Å². The highest BCUT2D eigenvalue weighted by molar-refractivity contribution is 5.01. The van der Waals surface area contributed by atoms with E-state index < -0.39 is 0 Å². The highest BCUT2D eigenvalue weighted by Gasteiger charge is 2.22. The van der Waals surface area contributed by atoms with E-state index in [1.165, 1.54) is 18.7 Å². The first-order valence-electron chi connectivity index (χ1n) is 6.40. The molecule has 1 aromatic rings. The second-order valence-electron chi connectivity index (χ2n) is 6.98. The van der Waals surface area contributed by atoms with Crippen LogP contribution >= 0.6 is 0 Å². The van der Waals surface area contributed by atoms with Crippen LogP contribution in [0.15, 0.2) is 6.20 Å². The number of hydrogen-bond donors (Lipinski definition) is 0. The molecule has 0 spiro atoms. The molecule has 0 amide bonds. The molecule has 0 atom stereocenters. The van der Waals surface area contributed by atoms with Crippen molar-refractivity contribution in [3.63, 3.8) is 0 Å². The van der Waals surface area contributed by atoms with Crippen molar-refractivity contribution < 1.29 is 4.48 Å². The molecule has 1 rings (SSSR count). The third-order valence-electron chi connectivity index (χ3n) is 3.37. The average molecular weight is 238 g/mol. The molecule has 0 saturated heterocycles. The summed E-state index contributed by atoms with van der Waals surface area (Å²) in [6, 6.07) is 0. The van der Waals surface area contributed by atoms with Crippen molar-refractivity contribution in [1.29, 1.82) is 0 Å². The molecule has 0 fully saturated rings. The van der Waals surface area contributed by atoms with E-state index in [-0.39, 0.29) is 0 Å². The lowest BCUT2D eigenvalue weighted by Crippen LogP contribution is -2.41. The lowest BCUT2D eigenvalue weighted by molar-refractivity contribution is -0.904. The average Bonchev–Trinajstić information content (AvgIpc) is 2.46. The first-order chi connectivity index (χ1) is 7.61. The highest BCUT2D eigenvalue weighted by Crippen LogP contribution is 2.21. The van der Waals surface area contributed by atoms with Gasteiger partial charge in [0.15, 0.2) is 0 Å². The van der Waals surface area contributed by atoms with Crippen molar-refractivity contribution >= 4 is 0 Å². The van der Waals surface area contributed by atoms with Gasteiger partial charge in [-0.3, -0.25) is 0 Å². The normalized spacial score (nSPS) is 13.1. The lowest BCUT2D eigenvalue weighted by Gasteiger charge is -2.32. The summed E-state index contributed by atoms with van der Waals surface area (Å²) in [4.78, 5) is 4.36. The van der Waals surface area contributed by atoms with Gasteiger partial charge < -0.3 is 9.05 Å². The lowest BCUT2D eigenvalue weighted by atomic mass is 9.92. The first-order valence-corrected chi connectivity index (χ1v) is 6.40. The number of nitrogens with zero attached hydrogens (tertiary/aromatic N) is 3. The molecule has 0 saturated carbocycles. The summed E-state index contributed by atoms with van der Waals surface area (Å²) < 4.78 is 3.22. The van der Waals surface area contributed by atoms with Crippen LogP contribution in [0.2, 0.25) is 0 Å². The zero-order chi connectivity index (χ0) is 13.3. The van der Waals surface area contributed by atoms with Gasteiger partial charge in [0.2, 0.25) is 0 Å². The van der Waals surface area contributed by atoms with Crippen molar-refractivity contribution in [3.8, 4) is 0 Å². The fourth-order valence-electron chi connectivity index (χ4n) is 1.85. The molecule has 0 bridgehead atoms. The van der Waals surface area contributed by atoms with Crippen LogP contribution in [0.25, 0.3) is 0 Å². The molecule has 1 heterocycles. The zero-order valence-corrected chi connectivity index (χ0v) is 12.5. The molecular weight excluding hydrogens is 210 g/mol. The number of quaternary nitrogens is 1. The molecule has 0 aromatic carbocycles. The van der Waals surface area contributed by atoms with Crippen molar-refractivity contribution in [3.05, 3.63) is 17.7 Å². The minimum Gasteiger partial charge on any atom is -0.331 e. The van der Waals surface area contributed by atoms with Gasteiger partial charge in [-0.2, -0.15) is 0 Å². The van der Waals surface area contributed by atoms with Gasteiger partial charge in [0.25, 0.3) is 0 Å². The minimum atomic E-state index is 0.415. The Kier molecular flexibility index (Phi) is 4.03. The minimum absolute atomic E-state index is 0.415. The van der Waals surface area contributed by atoms with E-state index in [0.717, 1.165) is 16.9 Å². The van der Waals surface area contributed by atoms with Crippen LogP contribution in [-0.4, -0.2) is 34.7 Å². The fraction of sp³-hybridized carbons (Fsp3) is 0.786. The van der Waals surface area contributed by atoms with E-state index >= 15 is 0 Å². The third-order valence-corrected chi connectivity index (χ3v) is 3.37. The van der Waals surface area contributed by atoms with Crippen LogP contribution in [0.5, 0.6) is 0 Å². The Hall–Kier alpha value is -0.830. The highest BCUT2D eigenvalue weighted by atomic mass is 15.3.